The molecule has 0 N–H and O–H groups in total. The van der Waals surface area contributed by atoms with Crippen LogP contribution in [0.5, 0.6) is 0 Å². The average Bonchev–Trinajstić information content (AvgIpc) is 4.00. The minimum Gasteiger partial charge on any atom is -0.374 e. The summed E-state index contributed by atoms with van der Waals surface area (Å²) in [6, 6.07) is 50.9. The van der Waals surface area contributed by atoms with Crippen molar-refractivity contribution in [1.82, 2.24) is 0 Å². The highest BCUT2D eigenvalue weighted by Crippen LogP contribution is 2.30. The van der Waals surface area contributed by atoms with Crippen molar-refractivity contribution in [2.45, 2.75) is 63.6 Å². The quantitative estimate of drug-likeness (QED) is 0.0802. The van der Waals surface area contributed by atoms with E-state index in [1.807, 2.05) is 91.0 Å². The second-order valence-corrected chi connectivity index (χ2v) is 12.0. The highest BCUT2D eigenvalue weighted by Gasteiger charge is 2.46. The van der Waals surface area contributed by atoms with Crippen molar-refractivity contribution in [2.24, 2.45) is 0 Å². The standard InChI is InChI=1S/C42H44O6/c1-6-16-33(17-7-1)26-43-31-38(44-27-34-18-8-2-9-19-34)40(46-28-35-20-10-3-11-21-35)42(48-30-37-24-14-5-15-25-37)41(39-32-45-39)47-29-36-22-12-4-13-23-36/h1-25,38-42H,26-32H2/t38-,39-,40-,41+,42+/m0/s1. The van der Waals surface area contributed by atoms with Crippen LogP contribution in [0.2, 0.25) is 0 Å². The lowest BCUT2D eigenvalue weighted by atomic mass is 9.99. The van der Waals surface area contributed by atoms with E-state index in [4.69, 9.17) is 28.4 Å². The molecule has 0 spiro atoms. The van der Waals surface area contributed by atoms with Gasteiger partial charge >= 0.3 is 0 Å². The monoisotopic (exact) mass is 644 g/mol. The third-order valence-electron chi connectivity index (χ3n) is 8.30. The van der Waals surface area contributed by atoms with Gasteiger partial charge in [-0.05, 0) is 27.8 Å². The fourth-order valence-corrected chi connectivity index (χ4v) is 5.63. The normalized spacial score (nSPS) is 16.5. The molecular weight excluding hydrogens is 600 g/mol. The summed E-state index contributed by atoms with van der Waals surface area (Å²) in [6.07, 6.45) is -2.12. The Morgan fingerprint density at radius 1 is 0.438 bits per heavy atom. The number of benzene rings is 5. The molecule has 1 fully saturated rings. The maximum Gasteiger partial charge on any atom is 0.115 e. The highest BCUT2D eigenvalue weighted by molar-refractivity contribution is 5.17. The minimum absolute atomic E-state index is 0.127. The van der Waals surface area contributed by atoms with Gasteiger partial charge in [0.25, 0.3) is 0 Å². The van der Waals surface area contributed by atoms with Crippen LogP contribution < -0.4 is 0 Å². The Hall–Kier alpha value is -4.14. The minimum atomic E-state index is -0.557. The van der Waals surface area contributed by atoms with Crippen LogP contribution in [-0.2, 0) is 61.5 Å². The van der Waals surface area contributed by atoms with Gasteiger partial charge < -0.3 is 28.4 Å². The predicted molar refractivity (Wildman–Crippen MR) is 186 cm³/mol. The van der Waals surface area contributed by atoms with E-state index in [0.29, 0.717) is 46.2 Å². The van der Waals surface area contributed by atoms with Crippen molar-refractivity contribution in [3.05, 3.63) is 179 Å². The Morgan fingerprint density at radius 2 is 0.792 bits per heavy atom. The Labute approximate surface area is 284 Å². The average molecular weight is 645 g/mol. The lowest BCUT2D eigenvalue weighted by Crippen LogP contribution is -2.52. The third-order valence-corrected chi connectivity index (χ3v) is 8.30. The highest BCUT2D eigenvalue weighted by atomic mass is 16.6. The largest absolute Gasteiger partial charge is 0.374 e. The molecule has 0 radical (unpaired) electrons. The Kier molecular flexibility index (Phi) is 12.9. The van der Waals surface area contributed by atoms with Gasteiger partial charge in [-0.1, -0.05) is 152 Å². The molecule has 5 aromatic rings. The van der Waals surface area contributed by atoms with Crippen LogP contribution in [0, 0.1) is 0 Å². The van der Waals surface area contributed by atoms with Crippen LogP contribution in [0.15, 0.2) is 152 Å². The number of hydrogen-bond acceptors (Lipinski definition) is 6. The van der Waals surface area contributed by atoms with Gasteiger partial charge in [0.2, 0.25) is 0 Å². The van der Waals surface area contributed by atoms with E-state index >= 15 is 0 Å². The molecule has 0 bridgehead atoms. The molecule has 0 aromatic heterocycles. The van der Waals surface area contributed by atoms with Crippen molar-refractivity contribution >= 4 is 0 Å². The van der Waals surface area contributed by atoms with Gasteiger partial charge in [0.05, 0.1) is 46.2 Å². The summed E-state index contributed by atoms with van der Waals surface area (Å²) in [4.78, 5) is 0. The van der Waals surface area contributed by atoms with Crippen LogP contribution in [0.1, 0.15) is 27.8 Å². The SMILES string of the molecule is c1ccc(COC[C@H](OCc2ccccc2)[C@H](OCc2ccccc2)[C@@H](OCc2ccccc2)[C@H](OCc2ccccc2)[C@@H]2CO2)cc1. The first kappa shape index (κ1) is 33.7. The van der Waals surface area contributed by atoms with Gasteiger partial charge in [0, 0.05) is 0 Å². The molecular formula is C42H44O6. The van der Waals surface area contributed by atoms with Gasteiger partial charge in [-0.2, -0.15) is 0 Å². The van der Waals surface area contributed by atoms with Gasteiger partial charge in [-0.3, -0.25) is 0 Å². The summed E-state index contributed by atoms with van der Waals surface area (Å²) in [5, 5.41) is 0. The lowest BCUT2D eigenvalue weighted by molar-refractivity contribution is -0.203. The smallest absolute Gasteiger partial charge is 0.115 e. The summed E-state index contributed by atoms with van der Waals surface area (Å²) in [6.45, 7) is 2.91. The first-order chi connectivity index (χ1) is 23.8. The second kappa shape index (κ2) is 18.4. The number of ether oxygens (including phenoxy) is 6. The van der Waals surface area contributed by atoms with E-state index in [2.05, 4.69) is 60.7 Å². The molecule has 1 aliphatic heterocycles. The fraction of sp³-hybridized carbons (Fsp3) is 0.286. The summed E-state index contributed by atoms with van der Waals surface area (Å²) in [5.41, 5.74) is 5.35. The zero-order valence-corrected chi connectivity index (χ0v) is 27.2. The molecule has 1 aliphatic rings. The van der Waals surface area contributed by atoms with Gasteiger partial charge in [-0.15, -0.1) is 0 Å². The van der Waals surface area contributed by atoms with Crippen molar-refractivity contribution in [1.29, 1.82) is 0 Å². The molecule has 0 saturated carbocycles. The lowest BCUT2D eigenvalue weighted by Gasteiger charge is -2.37. The first-order valence-electron chi connectivity index (χ1n) is 16.7. The molecule has 0 amide bonds. The van der Waals surface area contributed by atoms with E-state index in [0.717, 1.165) is 27.8 Å². The predicted octanol–water partition coefficient (Wildman–Crippen LogP) is 7.94. The van der Waals surface area contributed by atoms with Crippen LogP contribution in [0.25, 0.3) is 0 Å². The van der Waals surface area contributed by atoms with E-state index < -0.39 is 24.4 Å². The fourth-order valence-electron chi connectivity index (χ4n) is 5.63. The van der Waals surface area contributed by atoms with Gasteiger partial charge in [0.15, 0.2) is 0 Å². The van der Waals surface area contributed by atoms with Gasteiger partial charge in [-0.25, -0.2) is 0 Å². The maximum absolute atomic E-state index is 6.88. The van der Waals surface area contributed by atoms with Crippen molar-refractivity contribution in [3.8, 4) is 0 Å². The van der Waals surface area contributed by atoms with E-state index in [9.17, 15) is 0 Å². The number of rotatable bonds is 20. The van der Waals surface area contributed by atoms with Crippen molar-refractivity contribution < 1.29 is 28.4 Å². The molecule has 1 heterocycles. The summed E-state index contributed by atoms with van der Waals surface area (Å²) >= 11 is 0. The van der Waals surface area contributed by atoms with Crippen LogP contribution in [-0.4, -0.2) is 43.7 Å². The van der Waals surface area contributed by atoms with E-state index in [-0.39, 0.29) is 6.10 Å². The summed E-state index contributed by atoms with van der Waals surface area (Å²) in [7, 11) is 0. The molecule has 1 saturated heterocycles. The topological polar surface area (TPSA) is 58.7 Å². The van der Waals surface area contributed by atoms with Crippen LogP contribution in [0.3, 0.4) is 0 Å². The second-order valence-electron chi connectivity index (χ2n) is 12.0. The molecule has 5 atom stereocenters. The van der Waals surface area contributed by atoms with Crippen molar-refractivity contribution in [2.75, 3.05) is 13.2 Å². The zero-order chi connectivity index (χ0) is 32.6. The third kappa shape index (κ3) is 10.7. The van der Waals surface area contributed by atoms with E-state index in [1.165, 1.54) is 0 Å². The Morgan fingerprint density at radius 3 is 1.21 bits per heavy atom. The molecule has 6 nitrogen and oxygen atoms in total. The molecule has 0 aliphatic carbocycles. The van der Waals surface area contributed by atoms with Crippen molar-refractivity contribution in [3.63, 3.8) is 0 Å². The zero-order valence-electron chi connectivity index (χ0n) is 27.2. The number of hydrogen-bond donors (Lipinski definition) is 0. The van der Waals surface area contributed by atoms with Crippen LogP contribution >= 0.6 is 0 Å². The van der Waals surface area contributed by atoms with Gasteiger partial charge in [0.1, 0.15) is 30.5 Å². The molecule has 6 heteroatoms. The molecule has 6 rings (SSSR count). The van der Waals surface area contributed by atoms with Crippen LogP contribution in [0.4, 0.5) is 0 Å². The molecule has 0 unspecified atom stereocenters. The molecule has 5 aromatic carbocycles. The Balaban J connectivity index is 1.31. The summed E-state index contributed by atoms with van der Waals surface area (Å²) in [5.74, 6) is 0. The summed E-state index contributed by atoms with van der Waals surface area (Å²) < 4.78 is 39.5. The Bertz CT molecular complexity index is 1570. The molecule has 48 heavy (non-hydrogen) atoms. The molecule has 248 valence electrons. The number of epoxide rings is 1. The first-order valence-corrected chi connectivity index (χ1v) is 16.7. The maximum atomic E-state index is 6.88. The van der Waals surface area contributed by atoms with E-state index in [1.54, 1.807) is 0 Å².